The standard InChI is InChI=1S/C11H10Cl2O/c1-8-2-4-9(5-3-8)6-7-10(14)11(12)13/h2-7,11H,1H3/b7-6+. The van der Waals surface area contributed by atoms with Crippen LogP contribution in [0.2, 0.25) is 0 Å². The van der Waals surface area contributed by atoms with Gasteiger partial charge in [-0.25, -0.2) is 0 Å². The second-order valence-corrected chi connectivity index (χ2v) is 4.04. The number of rotatable bonds is 3. The molecule has 0 atom stereocenters. The Morgan fingerprint density at radius 1 is 1.29 bits per heavy atom. The van der Waals surface area contributed by atoms with Crippen LogP contribution in [0.3, 0.4) is 0 Å². The van der Waals surface area contributed by atoms with Crippen LogP contribution < -0.4 is 0 Å². The molecule has 0 unspecified atom stereocenters. The van der Waals surface area contributed by atoms with Crippen LogP contribution in [0.5, 0.6) is 0 Å². The molecule has 1 aromatic rings. The van der Waals surface area contributed by atoms with Gasteiger partial charge in [0, 0.05) is 0 Å². The lowest BCUT2D eigenvalue weighted by atomic mass is 10.1. The number of carbonyl (C=O) groups is 1. The van der Waals surface area contributed by atoms with Gasteiger partial charge in [0.1, 0.15) is 0 Å². The Morgan fingerprint density at radius 2 is 1.86 bits per heavy atom. The molecule has 0 aliphatic heterocycles. The lowest BCUT2D eigenvalue weighted by Crippen LogP contribution is -2.02. The van der Waals surface area contributed by atoms with Crippen LogP contribution in [-0.2, 0) is 4.79 Å². The molecule has 1 nitrogen and oxygen atoms in total. The molecule has 0 radical (unpaired) electrons. The second kappa shape index (κ2) is 5.18. The van der Waals surface area contributed by atoms with Gasteiger partial charge in [0.25, 0.3) is 0 Å². The third-order valence-corrected chi connectivity index (χ3v) is 2.16. The van der Waals surface area contributed by atoms with Crippen LogP contribution in [0, 0.1) is 6.92 Å². The molecule has 3 heteroatoms. The highest BCUT2D eigenvalue weighted by molar-refractivity contribution is 6.55. The minimum absolute atomic E-state index is 0.297. The van der Waals surface area contributed by atoms with Crippen molar-refractivity contribution in [2.24, 2.45) is 0 Å². The Bertz CT molecular complexity index is 339. The number of alkyl halides is 2. The molecule has 0 fully saturated rings. The number of halogens is 2. The number of allylic oxidation sites excluding steroid dienone is 1. The minimum Gasteiger partial charge on any atom is -0.292 e. The van der Waals surface area contributed by atoms with Crippen molar-refractivity contribution >= 4 is 35.1 Å². The maximum absolute atomic E-state index is 11.0. The summed E-state index contributed by atoms with van der Waals surface area (Å²) < 4.78 is 0. The Hall–Kier alpha value is -0.790. The first-order chi connectivity index (χ1) is 6.59. The Morgan fingerprint density at radius 3 is 2.36 bits per heavy atom. The van der Waals surface area contributed by atoms with Gasteiger partial charge < -0.3 is 0 Å². The number of ketones is 1. The van der Waals surface area contributed by atoms with Crippen molar-refractivity contribution in [1.29, 1.82) is 0 Å². The van der Waals surface area contributed by atoms with Crippen molar-refractivity contribution in [2.75, 3.05) is 0 Å². The molecule has 0 aliphatic rings. The Balaban J connectivity index is 2.69. The van der Waals surface area contributed by atoms with Crippen LogP contribution >= 0.6 is 23.2 Å². The normalized spacial score (nSPS) is 11.1. The predicted molar refractivity (Wildman–Crippen MR) is 60.7 cm³/mol. The largest absolute Gasteiger partial charge is 0.292 e. The van der Waals surface area contributed by atoms with E-state index in [0.717, 1.165) is 5.56 Å². The lowest BCUT2D eigenvalue weighted by molar-refractivity contribution is -0.113. The van der Waals surface area contributed by atoms with E-state index in [1.165, 1.54) is 11.6 Å². The fourth-order valence-electron chi connectivity index (χ4n) is 0.929. The van der Waals surface area contributed by atoms with E-state index < -0.39 is 4.84 Å². The molecule has 74 valence electrons. The highest BCUT2D eigenvalue weighted by Crippen LogP contribution is 2.08. The van der Waals surface area contributed by atoms with E-state index >= 15 is 0 Å². The highest BCUT2D eigenvalue weighted by atomic mass is 35.5. The molecule has 14 heavy (non-hydrogen) atoms. The molecular weight excluding hydrogens is 219 g/mol. The van der Waals surface area contributed by atoms with Gasteiger partial charge in [-0.15, -0.1) is 0 Å². The fourth-order valence-corrected chi connectivity index (χ4v) is 1.07. The van der Waals surface area contributed by atoms with Crippen molar-refractivity contribution in [3.05, 3.63) is 41.5 Å². The van der Waals surface area contributed by atoms with Gasteiger partial charge >= 0.3 is 0 Å². The summed E-state index contributed by atoms with van der Waals surface area (Å²) in [6.45, 7) is 2.01. The maximum atomic E-state index is 11.0. The third-order valence-electron chi connectivity index (χ3n) is 1.73. The molecule has 0 bridgehead atoms. The average molecular weight is 229 g/mol. The monoisotopic (exact) mass is 228 g/mol. The molecule has 0 spiro atoms. The summed E-state index contributed by atoms with van der Waals surface area (Å²) >= 11 is 10.8. The molecular formula is C11H10Cl2O. The molecule has 0 aromatic heterocycles. The predicted octanol–water partition coefficient (Wildman–Crippen LogP) is 3.38. The second-order valence-electron chi connectivity index (χ2n) is 2.95. The highest BCUT2D eigenvalue weighted by Gasteiger charge is 2.06. The molecule has 0 heterocycles. The van der Waals surface area contributed by atoms with Gasteiger partial charge in [-0.05, 0) is 18.6 Å². The van der Waals surface area contributed by atoms with Gasteiger partial charge in [-0.1, -0.05) is 59.1 Å². The summed E-state index contributed by atoms with van der Waals surface area (Å²) in [7, 11) is 0. The summed E-state index contributed by atoms with van der Waals surface area (Å²) in [5, 5.41) is 0. The molecule has 0 N–H and O–H groups in total. The molecule has 1 rings (SSSR count). The first-order valence-electron chi connectivity index (χ1n) is 4.16. The van der Waals surface area contributed by atoms with Gasteiger partial charge in [0.05, 0.1) is 0 Å². The van der Waals surface area contributed by atoms with Gasteiger partial charge in [-0.2, -0.15) is 0 Å². The Kier molecular flexibility index (Phi) is 4.18. The molecule has 0 aliphatic carbocycles. The number of hydrogen-bond acceptors (Lipinski definition) is 1. The van der Waals surface area contributed by atoms with Crippen LogP contribution in [0.15, 0.2) is 30.3 Å². The van der Waals surface area contributed by atoms with Gasteiger partial charge in [0.2, 0.25) is 0 Å². The quantitative estimate of drug-likeness (QED) is 0.573. The van der Waals surface area contributed by atoms with Crippen molar-refractivity contribution < 1.29 is 4.79 Å². The lowest BCUT2D eigenvalue weighted by Gasteiger charge is -1.95. The molecule has 0 amide bonds. The van der Waals surface area contributed by atoms with E-state index in [9.17, 15) is 4.79 Å². The fraction of sp³-hybridized carbons (Fsp3) is 0.182. The number of hydrogen-bond donors (Lipinski definition) is 0. The van der Waals surface area contributed by atoms with Crippen molar-refractivity contribution in [3.8, 4) is 0 Å². The number of carbonyl (C=O) groups excluding carboxylic acids is 1. The van der Waals surface area contributed by atoms with Gasteiger partial charge in [0.15, 0.2) is 10.6 Å². The van der Waals surface area contributed by atoms with E-state index in [2.05, 4.69) is 0 Å². The van der Waals surface area contributed by atoms with Crippen LogP contribution in [0.1, 0.15) is 11.1 Å². The summed E-state index contributed by atoms with van der Waals surface area (Å²) in [5.41, 5.74) is 2.14. The zero-order valence-electron chi connectivity index (χ0n) is 7.71. The number of benzene rings is 1. The van der Waals surface area contributed by atoms with Gasteiger partial charge in [-0.3, -0.25) is 4.79 Å². The smallest absolute Gasteiger partial charge is 0.188 e. The average Bonchev–Trinajstić information content (AvgIpc) is 2.16. The summed E-state index contributed by atoms with van der Waals surface area (Å²) in [4.78, 5) is 10.1. The van der Waals surface area contributed by atoms with Crippen LogP contribution in [0.4, 0.5) is 0 Å². The molecule has 0 saturated heterocycles. The van der Waals surface area contributed by atoms with E-state index in [1.807, 2.05) is 31.2 Å². The van der Waals surface area contributed by atoms with Crippen LogP contribution in [-0.4, -0.2) is 10.6 Å². The first kappa shape index (κ1) is 11.3. The van der Waals surface area contributed by atoms with Crippen LogP contribution in [0.25, 0.3) is 6.08 Å². The summed E-state index contributed by atoms with van der Waals surface area (Å²) in [6.07, 6.45) is 3.08. The zero-order valence-corrected chi connectivity index (χ0v) is 9.22. The third kappa shape index (κ3) is 3.52. The van der Waals surface area contributed by atoms with E-state index in [1.54, 1.807) is 6.08 Å². The minimum atomic E-state index is -0.975. The topological polar surface area (TPSA) is 17.1 Å². The maximum Gasteiger partial charge on any atom is 0.188 e. The molecule has 1 aromatic carbocycles. The first-order valence-corrected chi connectivity index (χ1v) is 5.03. The van der Waals surface area contributed by atoms with E-state index in [4.69, 9.17) is 23.2 Å². The van der Waals surface area contributed by atoms with Crippen molar-refractivity contribution in [2.45, 2.75) is 11.8 Å². The zero-order chi connectivity index (χ0) is 10.6. The van der Waals surface area contributed by atoms with E-state index in [0.29, 0.717) is 0 Å². The van der Waals surface area contributed by atoms with E-state index in [-0.39, 0.29) is 5.78 Å². The molecule has 0 saturated carbocycles. The SMILES string of the molecule is Cc1ccc(/C=C/C(=O)C(Cl)Cl)cc1. The van der Waals surface area contributed by atoms with Crippen molar-refractivity contribution in [3.63, 3.8) is 0 Å². The Labute approximate surface area is 93.3 Å². The summed E-state index contributed by atoms with van der Waals surface area (Å²) in [5.74, 6) is -0.297. The van der Waals surface area contributed by atoms with Crippen molar-refractivity contribution in [1.82, 2.24) is 0 Å². The summed E-state index contributed by atoms with van der Waals surface area (Å²) in [6, 6.07) is 7.80. The number of aryl methyl sites for hydroxylation is 1.